The van der Waals surface area contributed by atoms with E-state index in [0.29, 0.717) is 12.1 Å². The lowest BCUT2D eigenvalue weighted by molar-refractivity contribution is 0.0951. The highest BCUT2D eigenvalue weighted by Gasteiger charge is 2.21. The molecule has 5 nitrogen and oxygen atoms in total. The fraction of sp³-hybridized carbons (Fsp3) is 0.300. The number of benzene rings is 1. The van der Waals surface area contributed by atoms with Gasteiger partial charge in [0.15, 0.2) is 11.6 Å². The molecule has 1 atom stereocenters. The summed E-state index contributed by atoms with van der Waals surface area (Å²) in [6.45, 7) is -0.0269. The molecule has 20 heavy (non-hydrogen) atoms. The zero-order valence-electron chi connectivity index (χ0n) is 10.2. The van der Waals surface area contributed by atoms with E-state index in [1.165, 1.54) is 6.26 Å². The summed E-state index contributed by atoms with van der Waals surface area (Å²) >= 11 is 0. The maximum atomic E-state index is 13.5. The van der Waals surface area contributed by atoms with Crippen LogP contribution in [-0.2, 0) is 19.9 Å². The van der Waals surface area contributed by atoms with Crippen molar-refractivity contribution in [3.05, 3.63) is 29.3 Å². The summed E-state index contributed by atoms with van der Waals surface area (Å²) in [7, 11) is -0.445. The molecule has 112 valence electrons. The van der Waals surface area contributed by atoms with Crippen molar-refractivity contribution in [3.63, 3.8) is 0 Å². The van der Waals surface area contributed by atoms with Gasteiger partial charge in [-0.1, -0.05) is 0 Å². The minimum absolute atomic E-state index is 0.0269. The van der Waals surface area contributed by atoms with Crippen LogP contribution in [0.5, 0.6) is 0 Å². The van der Waals surface area contributed by atoms with Gasteiger partial charge in [-0.15, -0.1) is 0 Å². The van der Waals surface area contributed by atoms with Gasteiger partial charge in [-0.3, -0.25) is 9.00 Å². The Hall–Kier alpha value is -1.06. The van der Waals surface area contributed by atoms with Crippen LogP contribution in [0.1, 0.15) is 10.4 Å². The van der Waals surface area contributed by atoms with Crippen LogP contribution in [0.3, 0.4) is 0 Å². The Bertz CT molecular complexity index is 663. The van der Waals surface area contributed by atoms with Crippen LogP contribution >= 0.6 is 10.7 Å². The Kier molecular flexibility index (Phi) is 5.60. The Labute approximate surface area is 121 Å². The molecule has 1 aromatic carbocycles. The number of carbonyl (C=O) groups is 1. The smallest absolute Gasteiger partial charge is 0.261 e. The normalized spacial score (nSPS) is 13.0. The summed E-state index contributed by atoms with van der Waals surface area (Å²) in [5.41, 5.74) is -0.786. The predicted molar refractivity (Wildman–Crippen MR) is 70.7 cm³/mol. The van der Waals surface area contributed by atoms with Gasteiger partial charge < -0.3 is 5.32 Å². The molecular formula is C10H10ClF2NO4S2. The summed E-state index contributed by atoms with van der Waals surface area (Å²) in [4.78, 5) is 10.9. The summed E-state index contributed by atoms with van der Waals surface area (Å²) < 4.78 is 59.7. The monoisotopic (exact) mass is 345 g/mol. The van der Waals surface area contributed by atoms with E-state index >= 15 is 0 Å². The lowest BCUT2D eigenvalue weighted by Gasteiger charge is -2.07. The van der Waals surface area contributed by atoms with E-state index in [0.717, 1.165) is 0 Å². The zero-order chi connectivity index (χ0) is 15.5. The average molecular weight is 346 g/mol. The molecule has 0 spiro atoms. The molecule has 0 bridgehead atoms. The predicted octanol–water partition coefficient (Wildman–Crippen LogP) is 1.00. The minimum Gasteiger partial charge on any atom is -0.351 e. The Morgan fingerprint density at radius 3 is 2.50 bits per heavy atom. The van der Waals surface area contributed by atoms with Crippen LogP contribution in [-0.4, -0.2) is 37.1 Å². The van der Waals surface area contributed by atoms with Crippen molar-refractivity contribution in [2.45, 2.75) is 4.90 Å². The van der Waals surface area contributed by atoms with Gasteiger partial charge in [-0.05, 0) is 12.1 Å². The highest BCUT2D eigenvalue weighted by atomic mass is 35.7. The Morgan fingerprint density at radius 1 is 1.40 bits per heavy atom. The largest absolute Gasteiger partial charge is 0.351 e. The van der Waals surface area contributed by atoms with Gasteiger partial charge in [-0.25, -0.2) is 17.2 Å². The number of hydrogen-bond acceptors (Lipinski definition) is 4. The molecule has 0 aliphatic carbocycles. The number of hydrogen-bond donors (Lipinski definition) is 1. The first-order valence-corrected chi connectivity index (χ1v) is 9.18. The molecule has 0 radical (unpaired) electrons. The molecule has 0 aliphatic rings. The molecule has 0 aromatic heterocycles. The average Bonchev–Trinajstić information content (AvgIpc) is 2.30. The quantitative estimate of drug-likeness (QED) is 0.807. The second-order valence-corrected chi connectivity index (χ2v) is 7.86. The van der Waals surface area contributed by atoms with Crippen LogP contribution < -0.4 is 5.32 Å². The fourth-order valence-electron chi connectivity index (χ4n) is 1.27. The van der Waals surface area contributed by atoms with Crippen molar-refractivity contribution in [1.82, 2.24) is 5.32 Å². The van der Waals surface area contributed by atoms with E-state index in [4.69, 9.17) is 10.7 Å². The number of amides is 1. The third-order valence-corrected chi connectivity index (χ3v) is 4.32. The van der Waals surface area contributed by atoms with Gasteiger partial charge in [-0.2, -0.15) is 0 Å². The molecule has 0 heterocycles. The van der Waals surface area contributed by atoms with E-state index in [1.54, 1.807) is 0 Å². The maximum Gasteiger partial charge on any atom is 0.261 e. The number of halogens is 3. The lowest BCUT2D eigenvalue weighted by Crippen LogP contribution is -2.28. The molecule has 1 unspecified atom stereocenters. The molecular weight excluding hydrogens is 336 g/mol. The second kappa shape index (κ2) is 6.59. The van der Waals surface area contributed by atoms with Crippen LogP contribution in [0.25, 0.3) is 0 Å². The molecule has 0 fully saturated rings. The van der Waals surface area contributed by atoms with Crippen molar-refractivity contribution >= 4 is 36.4 Å². The van der Waals surface area contributed by atoms with Crippen molar-refractivity contribution < 1.29 is 26.2 Å². The minimum atomic E-state index is -4.30. The van der Waals surface area contributed by atoms with E-state index < -0.39 is 47.9 Å². The highest BCUT2D eigenvalue weighted by Crippen LogP contribution is 2.21. The molecule has 0 saturated carbocycles. The maximum absolute atomic E-state index is 13.5. The van der Waals surface area contributed by atoms with Crippen molar-refractivity contribution in [1.29, 1.82) is 0 Å². The van der Waals surface area contributed by atoms with Crippen molar-refractivity contribution in [2.75, 3.05) is 18.6 Å². The highest BCUT2D eigenvalue weighted by molar-refractivity contribution is 8.13. The molecule has 10 heteroatoms. The number of nitrogens with one attached hydrogen (secondary N) is 1. The standard InChI is InChI=1S/C10H10ClF2NO4S2/c1-19(16)3-2-14-10(15)7-4-6(20(11,17)18)5-8(12)9(7)13/h4-5H,2-3H2,1H3,(H,14,15). The summed E-state index contributed by atoms with van der Waals surface area (Å²) in [6.07, 6.45) is 1.41. The third-order valence-electron chi connectivity index (χ3n) is 2.20. The topological polar surface area (TPSA) is 80.3 Å². The number of rotatable bonds is 5. The van der Waals surface area contributed by atoms with Gasteiger partial charge in [0.25, 0.3) is 15.0 Å². The fourth-order valence-corrected chi connectivity index (χ4v) is 2.43. The van der Waals surface area contributed by atoms with Gasteiger partial charge in [0.05, 0.1) is 10.5 Å². The van der Waals surface area contributed by atoms with Crippen LogP contribution in [0.4, 0.5) is 8.78 Å². The first-order valence-electron chi connectivity index (χ1n) is 5.15. The molecule has 0 saturated heterocycles. The van der Waals surface area contributed by atoms with Gasteiger partial charge in [0.2, 0.25) is 0 Å². The summed E-state index contributed by atoms with van der Waals surface area (Å²) in [6, 6.07) is 1.02. The molecule has 0 aliphatic heterocycles. The lowest BCUT2D eigenvalue weighted by atomic mass is 10.2. The molecule has 1 aromatic rings. The summed E-state index contributed by atoms with van der Waals surface area (Å²) in [5.74, 6) is -3.88. The summed E-state index contributed by atoms with van der Waals surface area (Å²) in [5, 5.41) is 2.20. The van der Waals surface area contributed by atoms with E-state index in [9.17, 15) is 26.2 Å². The zero-order valence-corrected chi connectivity index (χ0v) is 12.5. The van der Waals surface area contributed by atoms with Gasteiger partial charge in [0.1, 0.15) is 0 Å². The van der Waals surface area contributed by atoms with Crippen LogP contribution in [0, 0.1) is 11.6 Å². The SMILES string of the molecule is CS(=O)CCNC(=O)c1cc(S(=O)(=O)Cl)cc(F)c1F. The Balaban J connectivity index is 3.08. The van der Waals surface area contributed by atoms with E-state index in [2.05, 4.69) is 5.32 Å². The van der Waals surface area contributed by atoms with Gasteiger partial charge >= 0.3 is 0 Å². The van der Waals surface area contributed by atoms with Crippen molar-refractivity contribution in [3.8, 4) is 0 Å². The van der Waals surface area contributed by atoms with Gasteiger partial charge in [0, 0.05) is 40.0 Å². The molecule has 1 amide bonds. The Morgan fingerprint density at radius 2 is 2.00 bits per heavy atom. The van der Waals surface area contributed by atoms with E-state index in [1.807, 2.05) is 0 Å². The first kappa shape index (κ1) is 17.0. The van der Waals surface area contributed by atoms with Crippen molar-refractivity contribution in [2.24, 2.45) is 0 Å². The van der Waals surface area contributed by atoms with Crippen LogP contribution in [0.2, 0.25) is 0 Å². The molecule has 1 rings (SSSR count). The second-order valence-electron chi connectivity index (χ2n) is 3.74. The molecule has 1 N–H and O–H groups in total. The first-order chi connectivity index (χ1) is 9.12. The number of carbonyl (C=O) groups excluding carboxylic acids is 1. The third kappa shape index (κ3) is 4.50. The van der Waals surface area contributed by atoms with E-state index in [-0.39, 0.29) is 12.3 Å². The van der Waals surface area contributed by atoms with Crippen LogP contribution in [0.15, 0.2) is 17.0 Å².